The summed E-state index contributed by atoms with van der Waals surface area (Å²) in [6.45, 7) is 8.33. The molecule has 5 rings (SSSR count). The van der Waals surface area contributed by atoms with Crippen molar-refractivity contribution in [2.24, 2.45) is 0 Å². The lowest BCUT2D eigenvalue weighted by molar-refractivity contribution is 0.178. The number of hydrogen-bond acceptors (Lipinski definition) is 8. The molecule has 3 heterocycles. The first-order chi connectivity index (χ1) is 18.2. The lowest BCUT2D eigenvalue weighted by atomic mass is 9.98. The molecule has 0 fully saturated rings. The number of hydrogen-bond donors (Lipinski definition) is 1. The van der Waals surface area contributed by atoms with Crippen LogP contribution in [0.3, 0.4) is 0 Å². The zero-order valence-electron chi connectivity index (χ0n) is 22.0. The number of rotatable bonds is 6. The Balaban J connectivity index is 1.51. The molecule has 0 spiro atoms. The van der Waals surface area contributed by atoms with Crippen molar-refractivity contribution < 1.29 is 9.84 Å². The number of benzene rings is 2. The van der Waals surface area contributed by atoms with E-state index >= 15 is 0 Å². The summed E-state index contributed by atoms with van der Waals surface area (Å²) >= 11 is 0. The molecule has 194 valence electrons. The van der Waals surface area contributed by atoms with Gasteiger partial charge in [-0.15, -0.1) is 10.2 Å². The molecule has 0 atom stereocenters. The van der Waals surface area contributed by atoms with E-state index in [1.807, 2.05) is 69.3 Å². The van der Waals surface area contributed by atoms with E-state index in [1.165, 1.54) is 6.07 Å². The van der Waals surface area contributed by atoms with Crippen molar-refractivity contribution >= 4 is 11.0 Å². The van der Waals surface area contributed by atoms with Gasteiger partial charge in [0, 0.05) is 18.7 Å². The number of fused-ring (bicyclic) bond motifs is 1. The predicted octanol–water partition coefficient (Wildman–Crippen LogP) is 4.08. The molecule has 0 bridgehead atoms. The lowest BCUT2D eigenvalue weighted by Gasteiger charge is -2.15. The van der Waals surface area contributed by atoms with Crippen LogP contribution in [-0.4, -0.2) is 47.0 Å². The molecule has 0 aliphatic rings. The van der Waals surface area contributed by atoms with E-state index in [-0.39, 0.29) is 30.0 Å². The quantitative estimate of drug-likeness (QED) is 0.362. The number of aryl methyl sites for hydroxylation is 1. The number of pyridine rings is 1. The third-order valence-electron chi connectivity index (χ3n) is 6.22. The van der Waals surface area contributed by atoms with Gasteiger partial charge in [-0.3, -0.25) is 9.36 Å². The van der Waals surface area contributed by atoms with Crippen LogP contribution in [0.15, 0.2) is 59.4 Å². The number of tetrazole rings is 1. The van der Waals surface area contributed by atoms with Crippen molar-refractivity contribution in [1.29, 1.82) is 0 Å². The van der Waals surface area contributed by atoms with Gasteiger partial charge in [0.15, 0.2) is 11.5 Å². The van der Waals surface area contributed by atoms with Crippen LogP contribution in [0.25, 0.3) is 33.5 Å². The van der Waals surface area contributed by atoms with Crippen molar-refractivity contribution in [2.45, 2.75) is 46.4 Å². The van der Waals surface area contributed by atoms with Gasteiger partial charge in [0.25, 0.3) is 5.56 Å². The van der Waals surface area contributed by atoms with E-state index in [0.29, 0.717) is 28.4 Å². The molecule has 0 unspecified atom stereocenters. The van der Waals surface area contributed by atoms with E-state index in [0.717, 1.165) is 22.3 Å². The summed E-state index contributed by atoms with van der Waals surface area (Å²) in [7, 11) is 1.56. The molecule has 38 heavy (non-hydrogen) atoms. The number of ether oxygens (including phenoxy) is 1. The first kappa shape index (κ1) is 25.2. The molecule has 1 N–H and O–H groups in total. The summed E-state index contributed by atoms with van der Waals surface area (Å²) in [4.78, 5) is 23.4. The minimum Gasteiger partial charge on any atom is -0.507 e. The summed E-state index contributed by atoms with van der Waals surface area (Å²) < 4.78 is 6.72. The maximum Gasteiger partial charge on any atom is 0.256 e. The van der Waals surface area contributed by atoms with Crippen molar-refractivity contribution in [3.8, 4) is 28.3 Å². The van der Waals surface area contributed by atoms with Crippen molar-refractivity contribution in [1.82, 2.24) is 34.7 Å². The average Bonchev–Trinajstić information content (AvgIpc) is 3.38. The standard InChI is InChI=1S/C28H29N7O3/c1-17-25-22(36)14-24(37)34(27(25)30-23(29-17)16-38-5)15-18-10-12-19(13-11-18)20-8-6-7-9-21(20)26-31-33-35(32-26)28(2,3)4/h6-14,36H,15-16H2,1-5H3. The zero-order chi connectivity index (χ0) is 27.0. The zero-order valence-corrected chi connectivity index (χ0v) is 22.0. The van der Waals surface area contributed by atoms with Crippen LogP contribution < -0.4 is 5.56 Å². The van der Waals surface area contributed by atoms with Gasteiger partial charge in [0.1, 0.15) is 12.4 Å². The van der Waals surface area contributed by atoms with E-state index in [1.54, 1.807) is 23.4 Å². The molecular weight excluding hydrogens is 482 g/mol. The molecule has 0 radical (unpaired) electrons. The van der Waals surface area contributed by atoms with Crippen LogP contribution in [0.2, 0.25) is 0 Å². The first-order valence-corrected chi connectivity index (χ1v) is 12.2. The summed E-state index contributed by atoms with van der Waals surface area (Å²) in [5, 5.41) is 24.0. The predicted molar refractivity (Wildman–Crippen MR) is 144 cm³/mol. The number of nitrogens with zero attached hydrogens (tertiary/aromatic N) is 7. The van der Waals surface area contributed by atoms with Gasteiger partial charge in [-0.2, -0.15) is 4.80 Å². The van der Waals surface area contributed by atoms with Gasteiger partial charge in [-0.25, -0.2) is 9.97 Å². The third kappa shape index (κ3) is 4.78. The van der Waals surface area contributed by atoms with Crippen molar-refractivity contribution in [2.75, 3.05) is 7.11 Å². The number of aromatic nitrogens is 7. The minimum absolute atomic E-state index is 0.133. The Hall–Kier alpha value is -4.44. The van der Waals surface area contributed by atoms with E-state index in [4.69, 9.17) is 4.74 Å². The molecule has 2 aromatic carbocycles. The summed E-state index contributed by atoms with van der Waals surface area (Å²) in [5.41, 5.74) is 4.09. The fourth-order valence-corrected chi connectivity index (χ4v) is 4.34. The van der Waals surface area contributed by atoms with Gasteiger partial charge in [0.05, 0.1) is 23.2 Å². The lowest BCUT2D eigenvalue weighted by Crippen LogP contribution is -2.24. The Labute approximate surface area is 219 Å². The van der Waals surface area contributed by atoms with Crippen molar-refractivity contribution in [3.63, 3.8) is 0 Å². The second-order valence-corrected chi connectivity index (χ2v) is 10.1. The van der Waals surface area contributed by atoms with Crippen LogP contribution in [0.1, 0.15) is 37.9 Å². The highest BCUT2D eigenvalue weighted by atomic mass is 16.5. The molecule has 3 aromatic heterocycles. The normalized spacial score (nSPS) is 11.8. The number of aromatic hydroxyl groups is 1. The molecular formula is C28H29N7O3. The maximum absolute atomic E-state index is 12.9. The molecule has 0 amide bonds. The Kier molecular flexibility index (Phi) is 6.50. The Bertz CT molecular complexity index is 1680. The highest BCUT2D eigenvalue weighted by molar-refractivity contribution is 5.84. The molecule has 10 heteroatoms. The summed E-state index contributed by atoms with van der Waals surface area (Å²) in [5.74, 6) is 0.871. The highest BCUT2D eigenvalue weighted by Gasteiger charge is 2.19. The van der Waals surface area contributed by atoms with Crippen LogP contribution in [-0.2, 0) is 23.4 Å². The molecule has 0 saturated carbocycles. The Morgan fingerprint density at radius 3 is 2.37 bits per heavy atom. The van der Waals surface area contributed by atoms with E-state index in [2.05, 4.69) is 25.4 Å². The maximum atomic E-state index is 12.9. The fourth-order valence-electron chi connectivity index (χ4n) is 4.34. The van der Waals surface area contributed by atoms with Gasteiger partial charge in [-0.05, 0) is 49.6 Å². The fraction of sp³-hybridized carbons (Fsp3) is 0.286. The summed E-state index contributed by atoms with van der Waals surface area (Å²) in [6, 6.07) is 17.1. The van der Waals surface area contributed by atoms with Crippen LogP contribution >= 0.6 is 0 Å². The molecule has 0 aliphatic carbocycles. The highest BCUT2D eigenvalue weighted by Crippen LogP contribution is 2.31. The van der Waals surface area contributed by atoms with E-state index < -0.39 is 0 Å². The SMILES string of the molecule is COCc1nc(C)c2c(O)cc(=O)n(Cc3ccc(-c4ccccc4-c4nnn(C(C)(C)C)n4)cc3)c2n1. The third-order valence-corrected chi connectivity index (χ3v) is 6.22. The van der Waals surface area contributed by atoms with E-state index in [9.17, 15) is 9.90 Å². The first-order valence-electron chi connectivity index (χ1n) is 12.2. The molecule has 0 saturated heterocycles. The van der Waals surface area contributed by atoms with Gasteiger partial charge < -0.3 is 9.84 Å². The van der Waals surface area contributed by atoms with Gasteiger partial charge in [-0.1, -0.05) is 48.5 Å². The number of methoxy groups -OCH3 is 1. The molecule has 10 nitrogen and oxygen atoms in total. The second kappa shape index (κ2) is 9.79. The largest absolute Gasteiger partial charge is 0.507 e. The topological polar surface area (TPSA) is 121 Å². The average molecular weight is 512 g/mol. The smallest absolute Gasteiger partial charge is 0.256 e. The second-order valence-electron chi connectivity index (χ2n) is 10.1. The van der Waals surface area contributed by atoms with Crippen LogP contribution in [0, 0.1) is 6.92 Å². The van der Waals surface area contributed by atoms with Gasteiger partial charge in [0.2, 0.25) is 5.82 Å². The van der Waals surface area contributed by atoms with Crippen LogP contribution in [0.4, 0.5) is 0 Å². The molecule has 5 aromatic rings. The van der Waals surface area contributed by atoms with Gasteiger partial charge >= 0.3 is 0 Å². The summed E-state index contributed by atoms with van der Waals surface area (Å²) in [6.07, 6.45) is 0. The van der Waals surface area contributed by atoms with Crippen molar-refractivity contribution in [3.05, 3.63) is 82.0 Å². The Morgan fingerprint density at radius 1 is 1.00 bits per heavy atom. The Morgan fingerprint density at radius 2 is 1.71 bits per heavy atom. The molecule has 0 aliphatic heterocycles. The van der Waals surface area contributed by atoms with Crippen LogP contribution in [0.5, 0.6) is 5.75 Å². The monoisotopic (exact) mass is 511 g/mol. The minimum atomic E-state index is -0.348.